The number of benzene rings is 2. The van der Waals surface area contributed by atoms with Crippen LogP contribution in [0.4, 0.5) is 0 Å². The molecule has 2 aromatic rings. The Morgan fingerprint density at radius 1 is 1.29 bits per heavy atom. The number of phenols is 1. The van der Waals surface area contributed by atoms with E-state index in [1.54, 1.807) is 7.11 Å². The molecule has 0 fully saturated rings. The molecule has 2 aromatic carbocycles. The lowest BCUT2D eigenvalue weighted by Gasteiger charge is -2.10. The van der Waals surface area contributed by atoms with Crippen molar-refractivity contribution in [3.63, 3.8) is 0 Å². The first kappa shape index (κ1) is 12.5. The molecule has 1 N–H and O–H groups in total. The number of phenolic OH excluding ortho intramolecular Hbond substituents is 1. The molecule has 0 aliphatic heterocycles. The second kappa shape index (κ2) is 5.12. The third-order valence-corrected chi connectivity index (χ3v) is 3.95. The first-order valence-corrected chi connectivity index (χ1v) is 6.73. The number of aromatic hydroxyl groups is 1. The van der Waals surface area contributed by atoms with E-state index in [1.807, 2.05) is 18.2 Å². The van der Waals surface area contributed by atoms with Gasteiger partial charge in [-0.1, -0.05) is 13.3 Å². The Balaban J connectivity index is 2.67. The number of methoxy groups -OCH3 is 1. The lowest BCUT2D eigenvalue weighted by Crippen LogP contribution is -1.90. The van der Waals surface area contributed by atoms with Gasteiger partial charge in [-0.25, -0.2) is 0 Å². The highest BCUT2D eigenvalue weighted by Crippen LogP contribution is 2.34. The molecule has 0 heterocycles. The maximum absolute atomic E-state index is 10.1. The minimum absolute atomic E-state index is 0.421. The normalized spacial score (nSPS) is 10.8. The van der Waals surface area contributed by atoms with Crippen LogP contribution in [-0.4, -0.2) is 12.2 Å². The van der Waals surface area contributed by atoms with E-state index in [4.69, 9.17) is 4.74 Å². The van der Waals surface area contributed by atoms with Gasteiger partial charge in [-0.3, -0.25) is 0 Å². The molecule has 0 unspecified atom stereocenters. The largest absolute Gasteiger partial charge is 0.507 e. The molecule has 90 valence electrons. The van der Waals surface area contributed by atoms with Gasteiger partial charge in [-0.15, -0.1) is 0 Å². The number of aryl methyl sites for hydroxylation is 1. The van der Waals surface area contributed by atoms with Crippen molar-refractivity contribution in [2.75, 3.05) is 7.11 Å². The molecule has 0 amide bonds. The van der Waals surface area contributed by atoms with Crippen LogP contribution in [0.2, 0.25) is 0 Å². The lowest BCUT2D eigenvalue weighted by atomic mass is 10.0. The molecule has 0 bridgehead atoms. The Kier molecular flexibility index (Phi) is 3.76. The van der Waals surface area contributed by atoms with Crippen molar-refractivity contribution in [3.8, 4) is 11.5 Å². The summed E-state index contributed by atoms with van der Waals surface area (Å²) in [6, 6.07) is 7.98. The minimum atomic E-state index is 0.421. The van der Waals surface area contributed by atoms with E-state index in [0.29, 0.717) is 5.75 Å². The Labute approximate surface area is 115 Å². The molecule has 0 saturated carbocycles. The third-order valence-electron chi connectivity index (χ3n) is 2.86. The summed E-state index contributed by atoms with van der Waals surface area (Å²) in [6.07, 6.45) is 1.92. The van der Waals surface area contributed by atoms with Crippen molar-refractivity contribution >= 4 is 33.4 Å². The molecular formula is C14H15IO2. The first-order valence-electron chi connectivity index (χ1n) is 5.65. The Morgan fingerprint density at radius 3 is 2.71 bits per heavy atom. The van der Waals surface area contributed by atoms with Crippen molar-refractivity contribution < 1.29 is 9.84 Å². The number of halogens is 1. The topological polar surface area (TPSA) is 29.5 Å². The van der Waals surface area contributed by atoms with Crippen molar-refractivity contribution in [1.82, 2.24) is 0 Å². The van der Waals surface area contributed by atoms with Gasteiger partial charge in [0.2, 0.25) is 0 Å². The van der Waals surface area contributed by atoms with Crippen molar-refractivity contribution in [2.24, 2.45) is 0 Å². The average Bonchev–Trinajstić information content (AvgIpc) is 2.35. The molecule has 2 nitrogen and oxygen atoms in total. The van der Waals surface area contributed by atoms with Gasteiger partial charge < -0.3 is 9.84 Å². The van der Waals surface area contributed by atoms with Gasteiger partial charge in [-0.05, 0) is 69.6 Å². The fraction of sp³-hybridized carbons (Fsp3) is 0.286. The van der Waals surface area contributed by atoms with Gasteiger partial charge in [0.05, 0.1) is 10.7 Å². The maximum atomic E-state index is 10.1. The van der Waals surface area contributed by atoms with Gasteiger partial charge >= 0.3 is 0 Å². The SMILES string of the molecule is CCCc1cc2cc(OC)ccc2c(I)c1O. The van der Waals surface area contributed by atoms with Gasteiger partial charge in [0.1, 0.15) is 11.5 Å². The number of rotatable bonds is 3. The summed E-state index contributed by atoms with van der Waals surface area (Å²) in [4.78, 5) is 0. The van der Waals surface area contributed by atoms with E-state index in [9.17, 15) is 5.11 Å². The predicted molar refractivity (Wildman–Crippen MR) is 78.9 cm³/mol. The van der Waals surface area contributed by atoms with Crippen molar-refractivity contribution in [1.29, 1.82) is 0 Å². The highest BCUT2D eigenvalue weighted by molar-refractivity contribution is 14.1. The second-order valence-electron chi connectivity index (χ2n) is 4.04. The van der Waals surface area contributed by atoms with Crippen LogP contribution in [0.3, 0.4) is 0 Å². The fourth-order valence-electron chi connectivity index (χ4n) is 1.97. The summed E-state index contributed by atoms with van der Waals surface area (Å²) in [5.74, 6) is 1.27. The van der Waals surface area contributed by atoms with Gasteiger partial charge in [0.15, 0.2) is 0 Å². The Hall–Kier alpha value is -0.970. The predicted octanol–water partition coefficient (Wildman–Crippen LogP) is 4.11. The molecule has 0 atom stereocenters. The molecule has 0 aromatic heterocycles. The van der Waals surface area contributed by atoms with E-state index in [-0.39, 0.29) is 0 Å². The van der Waals surface area contributed by atoms with Crippen LogP contribution < -0.4 is 4.74 Å². The summed E-state index contributed by atoms with van der Waals surface area (Å²) in [7, 11) is 1.67. The standard InChI is InChI=1S/C14H15IO2/c1-3-4-9-7-10-8-11(17-2)5-6-12(10)13(15)14(9)16/h5-8,16H,3-4H2,1-2H3. The van der Waals surface area contributed by atoms with Crippen LogP contribution in [0.5, 0.6) is 11.5 Å². The van der Waals surface area contributed by atoms with E-state index < -0.39 is 0 Å². The molecule has 2 rings (SSSR count). The average molecular weight is 342 g/mol. The molecular weight excluding hydrogens is 327 g/mol. The Morgan fingerprint density at radius 2 is 2.06 bits per heavy atom. The summed E-state index contributed by atoms with van der Waals surface area (Å²) < 4.78 is 6.15. The summed E-state index contributed by atoms with van der Waals surface area (Å²) in [5, 5.41) is 12.3. The van der Waals surface area contributed by atoms with Crippen LogP contribution in [0.15, 0.2) is 24.3 Å². The number of fused-ring (bicyclic) bond motifs is 1. The smallest absolute Gasteiger partial charge is 0.132 e. The molecule has 0 aliphatic rings. The zero-order chi connectivity index (χ0) is 12.4. The zero-order valence-electron chi connectivity index (χ0n) is 9.96. The van der Waals surface area contributed by atoms with E-state index in [2.05, 4.69) is 35.6 Å². The van der Waals surface area contributed by atoms with Crippen LogP contribution in [0.25, 0.3) is 10.8 Å². The molecule has 0 saturated heterocycles. The van der Waals surface area contributed by atoms with Crippen LogP contribution >= 0.6 is 22.6 Å². The number of ether oxygens (including phenoxy) is 1. The Bertz CT molecular complexity index is 549. The highest BCUT2D eigenvalue weighted by Gasteiger charge is 2.10. The molecule has 0 radical (unpaired) electrons. The summed E-state index contributed by atoms with van der Waals surface area (Å²) >= 11 is 2.20. The van der Waals surface area contributed by atoms with E-state index in [1.165, 1.54) is 0 Å². The van der Waals surface area contributed by atoms with Crippen molar-refractivity contribution in [3.05, 3.63) is 33.4 Å². The second-order valence-corrected chi connectivity index (χ2v) is 5.11. The van der Waals surface area contributed by atoms with Crippen LogP contribution in [0.1, 0.15) is 18.9 Å². The summed E-state index contributed by atoms with van der Waals surface area (Å²) in [6.45, 7) is 2.11. The fourth-order valence-corrected chi connectivity index (χ4v) is 2.81. The van der Waals surface area contributed by atoms with Gasteiger partial charge in [0.25, 0.3) is 0 Å². The van der Waals surface area contributed by atoms with E-state index >= 15 is 0 Å². The highest BCUT2D eigenvalue weighted by atomic mass is 127. The zero-order valence-corrected chi connectivity index (χ0v) is 12.1. The van der Waals surface area contributed by atoms with Crippen molar-refractivity contribution in [2.45, 2.75) is 19.8 Å². The number of hydrogen-bond acceptors (Lipinski definition) is 2. The van der Waals surface area contributed by atoms with Gasteiger partial charge in [0, 0.05) is 0 Å². The van der Waals surface area contributed by atoms with Crippen LogP contribution in [0, 0.1) is 3.57 Å². The molecule has 0 aliphatic carbocycles. The van der Waals surface area contributed by atoms with Gasteiger partial charge in [-0.2, -0.15) is 0 Å². The number of hydrogen-bond donors (Lipinski definition) is 1. The van der Waals surface area contributed by atoms with E-state index in [0.717, 1.165) is 38.5 Å². The first-order chi connectivity index (χ1) is 8.17. The quantitative estimate of drug-likeness (QED) is 0.851. The molecule has 3 heteroatoms. The summed E-state index contributed by atoms with van der Waals surface area (Å²) in [5.41, 5.74) is 1.01. The molecule has 0 spiro atoms. The maximum Gasteiger partial charge on any atom is 0.132 e. The monoisotopic (exact) mass is 342 g/mol. The lowest BCUT2D eigenvalue weighted by molar-refractivity contribution is 0.415. The minimum Gasteiger partial charge on any atom is -0.507 e. The molecule has 17 heavy (non-hydrogen) atoms. The van der Waals surface area contributed by atoms with Crippen LogP contribution in [-0.2, 0) is 6.42 Å². The third kappa shape index (κ3) is 2.34.